The van der Waals surface area contributed by atoms with Crippen molar-refractivity contribution >= 4 is 17.5 Å². The zero-order valence-electron chi connectivity index (χ0n) is 17.8. The maximum absolute atomic E-state index is 12.0. The Kier molecular flexibility index (Phi) is 9.00. The van der Waals surface area contributed by atoms with Gasteiger partial charge >= 0.3 is 0 Å². The van der Waals surface area contributed by atoms with Crippen LogP contribution in [0.3, 0.4) is 0 Å². The van der Waals surface area contributed by atoms with Crippen LogP contribution in [0.15, 0.2) is 24.3 Å². The molecule has 5 heteroatoms. The van der Waals surface area contributed by atoms with E-state index in [0.717, 1.165) is 17.8 Å². The van der Waals surface area contributed by atoms with Gasteiger partial charge in [-0.15, -0.1) is 0 Å². The summed E-state index contributed by atoms with van der Waals surface area (Å²) in [6, 6.07) is 8.09. The maximum atomic E-state index is 12.0. The Morgan fingerprint density at radius 3 is 2.31 bits per heavy atom. The number of unbranched alkanes of at least 4 members (excludes halogenated alkanes) is 5. The summed E-state index contributed by atoms with van der Waals surface area (Å²) in [5.74, 6) is -0.527. The van der Waals surface area contributed by atoms with Crippen LogP contribution < -0.4 is 10.6 Å². The smallest absolute Gasteiger partial charge is 0.234 e. The summed E-state index contributed by atoms with van der Waals surface area (Å²) in [4.78, 5) is 25.9. The van der Waals surface area contributed by atoms with Gasteiger partial charge in [0.05, 0.1) is 5.92 Å². The quantitative estimate of drug-likeness (QED) is 0.426. The van der Waals surface area contributed by atoms with Crippen molar-refractivity contribution in [2.75, 3.05) is 31.5 Å². The lowest BCUT2D eigenvalue weighted by molar-refractivity contribution is -0.134. The summed E-state index contributed by atoms with van der Waals surface area (Å²) in [6.07, 6.45) is 13.1. The van der Waals surface area contributed by atoms with Crippen LogP contribution in [0.1, 0.15) is 82.1 Å². The van der Waals surface area contributed by atoms with Gasteiger partial charge in [0.25, 0.3) is 0 Å². The Morgan fingerprint density at radius 1 is 0.897 bits per heavy atom. The van der Waals surface area contributed by atoms with Gasteiger partial charge in [-0.05, 0) is 69.4 Å². The van der Waals surface area contributed by atoms with Crippen LogP contribution >= 0.6 is 0 Å². The minimum atomic E-state index is -0.198. The van der Waals surface area contributed by atoms with Crippen molar-refractivity contribution < 1.29 is 9.59 Å². The van der Waals surface area contributed by atoms with Crippen LogP contribution in [0.2, 0.25) is 0 Å². The van der Waals surface area contributed by atoms with E-state index in [0.29, 0.717) is 12.8 Å². The fourth-order valence-electron chi connectivity index (χ4n) is 4.43. The molecule has 3 rings (SSSR count). The summed E-state index contributed by atoms with van der Waals surface area (Å²) in [5.41, 5.74) is 2.09. The van der Waals surface area contributed by atoms with E-state index in [2.05, 4.69) is 15.5 Å². The van der Waals surface area contributed by atoms with Crippen LogP contribution in [-0.4, -0.2) is 42.9 Å². The number of hydrogen-bond acceptors (Lipinski definition) is 4. The lowest BCUT2D eigenvalue weighted by Gasteiger charge is -2.26. The third-order valence-corrected chi connectivity index (χ3v) is 6.23. The molecular weight excluding hydrogens is 362 g/mol. The molecule has 0 aliphatic carbocycles. The lowest BCUT2D eigenvalue weighted by atomic mass is 9.90. The van der Waals surface area contributed by atoms with Gasteiger partial charge in [0.1, 0.15) is 0 Å². The number of nitrogens with one attached hydrogen (secondary N) is 2. The highest BCUT2D eigenvalue weighted by atomic mass is 16.2. The first-order valence-corrected chi connectivity index (χ1v) is 11.6. The fourth-order valence-corrected chi connectivity index (χ4v) is 4.43. The van der Waals surface area contributed by atoms with Crippen molar-refractivity contribution in [1.82, 2.24) is 10.2 Å². The molecule has 2 saturated heterocycles. The Labute approximate surface area is 175 Å². The molecule has 2 aliphatic rings. The summed E-state index contributed by atoms with van der Waals surface area (Å²) < 4.78 is 0. The highest BCUT2D eigenvalue weighted by Gasteiger charge is 2.27. The molecule has 2 heterocycles. The first-order chi connectivity index (χ1) is 14.2. The molecule has 1 unspecified atom stereocenters. The van der Waals surface area contributed by atoms with Crippen LogP contribution in [0.5, 0.6) is 0 Å². The molecule has 2 amide bonds. The number of nitrogens with zero attached hydrogens (tertiary/aromatic N) is 1. The van der Waals surface area contributed by atoms with Crippen LogP contribution in [0, 0.1) is 0 Å². The average Bonchev–Trinajstić information content (AvgIpc) is 2.74. The van der Waals surface area contributed by atoms with Crippen LogP contribution in [0.25, 0.3) is 0 Å². The summed E-state index contributed by atoms with van der Waals surface area (Å²) in [7, 11) is 0. The van der Waals surface area contributed by atoms with Crippen molar-refractivity contribution in [3.8, 4) is 0 Å². The van der Waals surface area contributed by atoms with E-state index in [4.69, 9.17) is 0 Å². The Morgan fingerprint density at radius 2 is 1.59 bits per heavy atom. The van der Waals surface area contributed by atoms with Gasteiger partial charge in [0.15, 0.2) is 0 Å². The average molecular weight is 400 g/mol. The van der Waals surface area contributed by atoms with E-state index in [-0.39, 0.29) is 17.7 Å². The Bertz CT molecular complexity index is 638. The normalized spacial score (nSPS) is 20.5. The molecule has 0 bridgehead atoms. The molecule has 2 aliphatic heterocycles. The number of anilines is 1. The monoisotopic (exact) mass is 399 g/mol. The SMILES string of the molecule is O=C1CCC(c2ccc(NCCCCCCCCN3CCCCC3)cc2)C(=O)N1. The molecule has 5 nitrogen and oxygen atoms in total. The second-order valence-corrected chi connectivity index (χ2v) is 8.58. The van der Waals surface area contributed by atoms with Crippen molar-refractivity contribution in [1.29, 1.82) is 0 Å². The number of rotatable bonds is 11. The zero-order chi connectivity index (χ0) is 20.3. The highest BCUT2D eigenvalue weighted by Crippen LogP contribution is 2.25. The molecule has 160 valence electrons. The van der Waals surface area contributed by atoms with Gasteiger partial charge in [0.2, 0.25) is 11.8 Å². The second kappa shape index (κ2) is 12.0. The zero-order valence-corrected chi connectivity index (χ0v) is 17.8. The molecule has 2 fully saturated rings. The Balaban J connectivity index is 1.22. The minimum absolute atomic E-state index is 0.161. The van der Waals surface area contributed by atoms with E-state index in [9.17, 15) is 9.59 Å². The maximum Gasteiger partial charge on any atom is 0.234 e. The van der Waals surface area contributed by atoms with E-state index >= 15 is 0 Å². The van der Waals surface area contributed by atoms with E-state index in [1.54, 1.807) is 0 Å². The summed E-state index contributed by atoms with van der Waals surface area (Å²) in [5, 5.41) is 5.91. The van der Waals surface area contributed by atoms with E-state index < -0.39 is 0 Å². The standard InChI is InChI=1S/C24H37N3O2/c28-23-15-14-22(24(29)26-23)20-10-12-21(13-11-20)25-16-6-3-1-2-4-7-17-27-18-8-5-9-19-27/h10-13,22,25H,1-9,14-19H2,(H,26,28,29). The number of benzene rings is 1. The van der Waals surface area contributed by atoms with Gasteiger partial charge in [0, 0.05) is 18.7 Å². The molecule has 0 spiro atoms. The van der Waals surface area contributed by atoms with Gasteiger partial charge < -0.3 is 10.2 Å². The van der Waals surface area contributed by atoms with Gasteiger partial charge in [-0.3, -0.25) is 14.9 Å². The van der Waals surface area contributed by atoms with Gasteiger partial charge in [-0.1, -0.05) is 44.2 Å². The minimum Gasteiger partial charge on any atom is -0.385 e. The van der Waals surface area contributed by atoms with Gasteiger partial charge in [-0.2, -0.15) is 0 Å². The number of imide groups is 1. The third-order valence-electron chi connectivity index (χ3n) is 6.23. The largest absolute Gasteiger partial charge is 0.385 e. The number of carbonyl (C=O) groups is 2. The number of carbonyl (C=O) groups excluding carboxylic acids is 2. The molecule has 0 saturated carbocycles. The fraction of sp³-hybridized carbons (Fsp3) is 0.667. The van der Waals surface area contributed by atoms with E-state index in [1.807, 2.05) is 24.3 Å². The molecule has 29 heavy (non-hydrogen) atoms. The molecule has 1 aromatic carbocycles. The Hall–Kier alpha value is -1.88. The lowest BCUT2D eigenvalue weighted by Crippen LogP contribution is -2.39. The van der Waals surface area contributed by atoms with Crippen molar-refractivity contribution in [2.24, 2.45) is 0 Å². The first-order valence-electron chi connectivity index (χ1n) is 11.6. The van der Waals surface area contributed by atoms with E-state index in [1.165, 1.54) is 77.4 Å². The van der Waals surface area contributed by atoms with Crippen LogP contribution in [-0.2, 0) is 9.59 Å². The topological polar surface area (TPSA) is 61.4 Å². The second-order valence-electron chi connectivity index (χ2n) is 8.58. The predicted molar refractivity (Wildman–Crippen MR) is 118 cm³/mol. The molecule has 0 radical (unpaired) electrons. The summed E-state index contributed by atoms with van der Waals surface area (Å²) in [6.45, 7) is 4.93. The highest BCUT2D eigenvalue weighted by molar-refractivity contribution is 6.00. The van der Waals surface area contributed by atoms with Crippen molar-refractivity contribution in [3.05, 3.63) is 29.8 Å². The number of amides is 2. The van der Waals surface area contributed by atoms with Gasteiger partial charge in [-0.25, -0.2) is 0 Å². The molecule has 0 aromatic heterocycles. The number of piperidine rings is 2. The molecule has 1 atom stereocenters. The predicted octanol–water partition coefficient (Wildman–Crippen LogP) is 4.45. The van der Waals surface area contributed by atoms with Crippen LogP contribution in [0.4, 0.5) is 5.69 Å². The number of likely N-dealkylation sites (tertiary alicyclic amines) is 1. The third kappa shape index (κ3) is 7.46. The number of hydrogen-bond donors (Lipinski definition) is 2. The molecular formula is C24H37N3O2. The first kappa shape index (κ1) is 21.8. The molecule has 1 aromatic rings. The summed E-state index contributed by atoms with van der Waals surface area (Å²) >= 11 is 0. The van der Waals surface area contributed by atoms with Crippen molar-refractivity contribution in [3.63, 3.8) is 0 Å². The molecule has 2 N–H and O–H groups in total. The van der Waals surface area contributed by atoms with Crippen molar-refractivity contribution in [2.45, 2.75) is 76.5 Å².